The molecule has 1 aromatic carbocycles. The number of pyridine rings is 1. The van der Waals surface area contributed by atoms with Crippen molar-refractivity contribution in [2.24, 2.45) is 17.8 Å². The molecule has 436 valence electrons. The molecular weight excluding hydrogens is 1190 g/mol. The zero-order valence-corrected chi connectivity index (χ0v) is 51.0. The van der Waals surface area contributed by atoms with Crippen LogP contribution in [0.3, 0.4) is 0 Å². The topological polar surface area (TPSA) is 302 Å². The molecule has 21 nitrogen and oxygen atoms in total. The van der Waals surface area contributed by atoms with Gasteiger partial charge in [0.2, 0.25) is 17.7 Å². The van der Waals surface area contributed by atoms with E-state index in [0.29, 0.717) is 112 Å². The number of carbonyl (C=O) groups is 6. The smallest absolute Gasteiger partial charge is 0.306 e. The normalized spacial score (nSPS) is 19.2. The maximum atomic E-state index is 14.4. The van der Waals surface area contributed by atoms with Gasteiger partial charge in [-0.1, -0.05) is 50.8 Å². The van der Waals surface area contributed by atoms with E-state index in [4.69, 9.17) is 39.6 Å². The first kappa shape index (κ1) is 59.8. The summed E-state index contributed by atoms with van der Waals surface area (Å²) >= 11 is 7.61. The molecule has 0 unspecified atom stereocenters. The average molecular weight is 1250 g/mol. The van der Waals surface area contributed by atoms with Gasteiger partial charge in [-0.25, -0.2) is 34.9 Å². The van der Waals surface area contributed by atoms with Crippen LogP contribution < -0.4 is 26.6 Å². The fourth-order valence-electron chi connectivity index (χ4n) is 9.81. The maximum absolute atomic E-state index is 14.4. The number of hydrogen-bond acceptors (Lipinski definition) is 22. The van der Waals surface area contributed by atoms with Gasteiger partial charge in [0.25, 0.3) is 5.91 Å². The summed E-state index contributed by atoms with van der Waals surface area (Å²) in [5.41, 5.74) is 3.94. The van der Waals surface area contributed by atoms with Gasteiger partial charge < -0.3 is 41.5 Å². The van der Waals surface area contributed by atoms with E-state index in [1.165, 1.54) is 75.1 Å². The molecule has 1 aliphatic carbocycles. The van der Waals surface area contributed by atoms with Crippen molar-refractivity contribution in [3.63, 3.8) is 0 Å². The van der Waals surface area contributed by atoms with E-state index in [2.05, 4.69) is 33.2 Å². The minimum absolute atomic E-state index is 0.0452. The number of benzene rings is 1. The molecule has 8 heterocycles. The molecule has 0 radical (unpaired) electrons. The van der Waals surface area contributed by atoms with Crippen LogP contribution in [0.5, 0.6) is 0 Å². The van der Waals surface area contributed by atoms with Crippen molar-refractivity contribution in [3.8, 4) is 43.4 Å². The van der Waals surface area contributed by atoms with E-state index in [1.54, 1.807) is 60.5 Å². The Bertz CT molecular complexity index is 3760. The first-order valence-electron chi connectivity index (χ1n) is 26.8. The van der Waals surface area contributed by atoms with Crippen LogP contribution in [0.25, 0.3) is 49.1 Å². The lowest BCUT2D eigenvalue weighted by Crippen LogP contribution is -2.38. The van der Waals surface area contributed by atoms with Gasteiger partial charge >= 0.3 is 5.97 Å². The van der Waals surface area contributed by atoms with E-state index in [9.17, 15) is 39.0 Å². The monoisotopic (exact) mass is 1250 g/mol. The second-order valence-electron chi connectivity index (χ2n) is 20.5. The summed E-state index contributed by atoms with van der Waals surface area (Å²) in [6, 6.07) is 10.6. The number of aryl methyl sites for hydroxylation is 1. The Labute approximate surface area is 506 Å². The summed E-state index contributed by atoms with van der Waals surface area (Å²) < 4.78 is 5.58. The number of aliphatic hydroxyl groups excluding tert-OH is 1. The third-order valence-electron chi connectivity index (χ3n) is 14.4. The van der Waals surface area contributed by atoms with Crippen LogP contribution in [0, 0.1) is 24.7 Å². The lowest BCUT2D eigenvalue weighted by Gasteiger charge is -2.24. The van der Waals surface area contributed by atoms with Crippen molar-refractivity contribution in [3.05, 3.63) is 118 Å². The Morgan fingerprint density at radius 2 is 1.44 bits per heavy atom. The van der Waals surface area contributed by atoms with Gasteiger partial charge in [-0.05, 0) is 56.2 Å². The van der Waals surface area contributed by atoms with E-state index >= 15 is 0 Å². The van der Waals surface area contributed by atoms with Gasteiger partial charge in [0.15, 0.2) is 5.78 Å². The fourth-order valence-corrected chi connectivity index (χ4v) is 15.4. The number of hydrogen-bond donors (Lipinski definition) is 7. The number of aliphatic carboxylic acids is 1. The van der Waals surface area contributed by atoms with Gasteiger partial charge in [0.1, 0.15) is 77.2 Å². The Hall–Kier alpha value is -7.37. The van der Waals surface area contributed by atoms with Crippen molar-refractivity contribution in [2.45, 2.75) is 90.0 Å². The number of ether oxygens (including phenoxy) is 1. The highest BCUT2D eigenvalue weighted by atomic mass is 32.1. The third kappa shape index (κ3) is 13.4. The minimum atomic E-state index is -1.21. The number of ketones is 1. The van der Waals surface area contributed by atoms with Crippen molar-refractivity contribution in [2.75, 3.05) is 26.0 Å². The second kappa shape index (κ2) is 26.3. The predicted molar refractivity (Wildman–Crippen MR) is 325 cm³/mol. The van der Waals surface area contributed by atoms with Crippen LogP contribution in [0.15, 0.2) is 70.6 Å². The van der Waals surface area contributed by atoms with Crippen LogP contribution in [-0.4, -0.2) is 101 Å². The van der Waals surface area contributed by atoms with Gasteiger partial charge in [0.05, 0.1) is 52.8 Å². The number of carboxylic acids is 1. The number of carbonyl (C=O) groups excluding carboxylic acids is 5. The van der Waals surface area contributed by atoms with E-state index < -0.39 is 41.9 Å². The molecule has 10 bridgehead atoms. The molecule has 0 spiro atoms. The van der Waals surface area contributed by atoms with Crippen molar-refractivity contribution in [1.29, 1.82) is 0 Å². The first-order chi connectivity index (χ1) is 40.4. The molecule has 7 N–H and O–H groups in total. The maximum Gasteiger partial charge on any atom is 0.306 e. The molecule has 8 aromatic rings. The number of aromatic nitrogens is 7. The molecule has 1 saturated carbocycles. The van der Waals surface area contributed by atoms with Crippen LogP contribution in [0.1, 0.15) is 133 Å². The number of aliphatic hydroxyl groups is 1. The fraction of sp³-hybridized carbons (Fsp3) is 0.351. The number of nitrogens with zero attached hydrogens (tertiary/aromatic N) is 7. The SMILES string of the molecule is C=C1NCC(=O)N[C@@H]([C@@H](O)c2ccccc2)c2nc(cs2)-c2nc(cs2)-c2nc(-c3nc(NC(=O)C4CCC(C(=O)O)CC4)cs3)ccc2-c2nc(cs2)C(=O)N[C@@H](CC(=O)NC)c2nc(c(C)s2)C(=O)C[C@H](C(C)C)c2nc1c(COC)s2. The van der Waals surface area contributed by atoms with Gasteiger partial charge in [-0.15, -0.1) is 68.0 Å². The highest BCUT2D eigenvalue weighted by Gasteiger charge is 2.34. The molecular formula is C57H58N12O9S6. The number of Topliss-reactive ketones (excluding diaryl/α,β-unsaturated/α-hetero) is 1. The van der Waals surface area contributed by atoms with Gasteiger partial charge in [0, 0.05) is 64.4 Å². The molecule has 84 heavy (non-hydrogen) atoms. The molecule has 2 aliphatic rings. The van der Waals surface area contributed by atoms with Crippen molar-refractivity contribution >= 4 is 115 Å². The molecule has 4 amide bonds. The Morgan fingerprint density at radius 3 is 2.18 bits per heavy atom. The number of carboxylic acid groups (broad SMARTS) is 1. The summed E-state index contributed by atoms with van der Waals surface area (Å²) in [6.07, 6.45) is 0.428. The minimum Gasteiger partial charge on any atom is -0.481 e. The molecule has 27 heteroatoms. The number of rotatable bonds is 11. The third-order valence-corrected chi connectivity index (χ3v) is 20.2. The highest BCUT2D eigenvalue weighted by molar-refractivity contribution is 7.15. The summed E-state index contributed by atoms with van der Waals surface area (Å²) in [7, 11) is 3.06. The molecule has 0 saturated heterocycles. The van der Waals surface area contributed by atoms with E-state index in [0.717, 1.165) is 4.88 Å². The Morgan fingerprint density at radius 1 is 0.750 bits per heavy atom. The molecule has 1 aliphatic heterocycles. The Balaban J connectivity index is 1.03. The lowest BCUT2D eigenvalue weighted by molar-refractivity contribution is -0.143. The standard InChI is InChI=1S/C57H58N12O9S6/c1-26(2)33-18-39(70)45-28(4)83-55(69-45)35(19-42(71)58-5)61-50(75)37-23-79-51(63-37)32-16-17-34(53-66-41(25-82-53)65-49(74)30-12-14-31(15-13-30)57(76)77)60-46(32)36-22-80-54(62-36)38-24-81-56(64-38)47(48(73)29-10-8-7-9-11-29)67-43(72)20-59-27(3)44-40(21-78-6)84-52(33)68-44/h7-11,16-17,22-26,30-31,33,35,47-48,59,73H,3,12-15,18-21H2,1-2,4-6H3,(H,58,71)(H,61,75)(H,65,74)(H,67,72)(H,76,77)/t30?,31?,33-,35+,47+,48+/m1/s1. The number of thiazole rings is 6. The van der Waals surface area contributed by atoms with Gasteiger partial charge in [-0.3, -0.25) is 28.8 Å². The van der Waals surface area contributed by atoms with Crippen molar-refractivity contribution in [1.82, 2.24) is 56.2 Å². The summed E-state index contributed by atoms with van der Waals surface area (Å²) in [5.74, 6) is -3.62. The zero-order valence-electron chi connectivity index (χ0n) is 46.1. The highest BCUT2D eigenvalue weighted by Crippen LogP contribution is 2.41. The van der Waals surface area contributed by atoms with Crippen LogP contribution in [0.4, 0.5) is 5.82 Å². The number of anilines is 1. The molecule has 10 rings (SSSR count). The number of nitrogens with one attached hydrogen (secondary N) is 5. The zero-order chi connectivity index (χ0) is 59.3. The number of fused-ring (bicyclic) bond motifs is 14. The quantitative estimate of drug-likeness (QED) is 0.0633. The second-order valence-corrected chi connectivity index (χ2v) is 26.3. The van der Waals surface area contributed by atoms with Crippen LogP contribution in [0.2, 0.25) is 0 Å². The predicted octanol–water partition coefficient (Wildman–Crippen LogP) is 9.86. The molecule has 4 atom stereocenters. The Kier molecular flexibility index (Phi) is 18.7. The number of methoxy groups -OCH3 is 1. The average Bonchev–Trinajstić information content (AvgIpc) is 3.65. The number of amides is 4. The summed E-state index contributed by atoms with van der Waals surface area (Å²) in [4.78, 5) is 117. The van der Waals surface area contributed by atoms with E-state index in [-0.39, 0.29) is 72.7 Å². The summed E-state index contributed by atoms with van der Waals surface area (Å²) in [6.45, 7) is 9.99. The van der Waals surface area contributed by atoms with Gasteiger partial charge in [-0.2, -0.15) is 0 Å². The largest absolute Gasteiger partial charge is 0.481 e. The van der Waals surface area contributed by atoms with E-state index in [1.807, 2.05) is 31.4 Å². The summed E-state index contributed by atoms with van der Waals surface area (Å²) in [5, 5.41) is 45.9. The van der Waals surface area contributed by atoms with Crippen molar-refractivity contribution < 1.29 is 43.7 Å². The van der Waals surface area contributed by atoms with Crippen LogP contribution >= 0.6 is 68.0 Å². The molecule has 7 aromatic heterocycles. The lowest BCUT2D eigenvalue weighted by atomic mass is 9.81. The van der Waals surface area contributed by atoms with Crippen LogP contribution in [-0.2, 0) is 30.5 Å². The molecule has 1 fully saturated rings. The first-order valence-corrected chi connectivity index (χ1v) is 31.9.